The summed E-state index contributed by atoms with van der Waals surface area (Å²) in [5, 5.41) is 0. The molecule has 0 saturated heterocycles. The number of hydrogen-bond acceptors (Lipinski definition) is 2. The average molecular weight is 314 g/mol. The summed E-state index contributed by atoms with van der Waals surface area (Å²) in [7, 11) is 0. The number of fused-ring (bicyclic) bond motifs is 4. The first-order chi connectivity index (χ1) is 11.3. The van der Waals surface area contributed by atoms with Gasteiger partial charge in [-0.05, 0) is 55.1 Å². The van der Waals surface area contributed by atoms with Gasteiger partial charge in [0.2, 0.25) is 6.79 Å². The molecule has 1 aliphatic heterocycles. The van der Waals surface area contributed by atoms with Gasteiger partial charge >= 0.3 is 0 Å². The molecule has 4 rings (SSSR count). The van der Waals surface area contributed by atoms with Crippen LogP contribution in [-0.4, -0.2) is 6.79 Å². The van der Waals surface area contributed by atoms with Crippen LogP contribution in [0.4, 0.5) is 0 Å². The average Bonchev–Trinajstić information content (AvgIpc) is 3.03. The van der Waals surface area contributed by atoms with E-state index in [4.69, 9.17) is 9.47 Å². The van der Waals surface area contributed by atoms with Crippen molar-refractivity contribution in [3.63, 3.8) is 0 Å². The van der Waals surface area contributed by atoms with E-state index in [9.17, 15) is 0 Å². The Morgan fingerprint density at radius 1 is 1.00 bits per heavy atom. The largest absolute Gasteiger partial charge is 0.454 e. The van der Waals surface area contributed by atoms with Gasteiger partial charge in [0.25, 0.3) is 0 Å². The SMILES string of the molecule is CCCCC1CCCC2Cc3c(ccc4c3OCO4)CC2CC1. The van der Waals surface area contributed by atoms with E-state index < -0.39 is 0 Å². The summed E-state index contributed by atoms with van der Waals surface area (Å²) in [6.07, 6.45) is 13.9. The summed E-state index contributed by atoms with van der Waals surface area (Å²) in [4.78, 5) is 0. The Labute approximate surface area is 140 Å². The Balaban J connectivity index is 1.49. The van der Waals surface area contributed by atoms with Gasteiger partial charge in [0.1, 0.15) is 0 Å². The second kappa shape index (κ2) is 6.75. The summed E-state index contributed by atoms with van der Waals surface area (Å²) in [6, 6.07) is 4.42. The van der Waals surface area contributed by atoms with Crippen LogP contribution in [0.15, 0.2) is 12.1 Å². The molecule has 0 bridgehead atoms. The van der Waals surface area contributed by atoms with Crippen molar-refractivity contribution in [2.45, 2.75) is 71.1 Å². The van der Waals surface area contributed by atoms with Crippen molar-refractivity contribution in [3.05, 3.63) is 23.3 Å². The summed E-state index contributed by atoms with van der Waals surface area (Å²) in [5.41, 5.74) is 2.99. The normalized spacial score (nSPS) is 29.3. The molecule has 2 aliphatic carbocycles. The predicted molar refractivity (Wildman–Crippen MR) is 93.1 cm³/mol. The Morgan fingerprint density at radius 2 is 1.91 bits per heavy atom. The smallest absolute Gasteiger partial charge is 0.231 e. The van der Waals surface area contributed by atoms with Gasteiger partial charge in [-0.25, -0.2) is 0 Å². The van der Waals surface area contributed by atoms with Crippen molar-refractivity contribution in [1.29, 1.82) is 0 Å². The van der Waals surface area contributed by atoms with Crippen molar-refractivity contribution in [2.75, 3.05) is 6.79 Å². The summed E-state index contributed by atoms with van der Waals surface area (Å²) in [6.45, 7) is 2.72. The summed E-state index contributed by atoms with van der Waals surface area (Å²) >= 11 is 0. The Hall–Kier alpha value is -1.18. The van der Waals surface area contributed by atoms with Crippen molar-refractivity contribution in [1.82, 2.24) is 0 Å². The third kappa shape index (κ3) is 3.09. The Bertz CT molecular complexity index is 551. The van der Waals surface area contributed by atoms with Crippen LogP contribution in [0.25, 0.3) is 0 Å². The van der Waals surface area contributed by atoms with Gasteiger partial charge in [-0.2, -0.15) is 0 Å². The van der Waals surface area contributed by atoms with Crippen LogP contribution in [0.1, 0.15) is 69.4 Å². The lowest BCUT2D eigenvalue weighted by Crippen LogP contribution is -2.28. The lowest BCUT2D eigenvalue weighted by atomic mass is 9.69. The third-order valence-corrected chi connectivity index (χ3v) is 6.45. The van der Waals surface area contributed by atoms with Crippen LogP contribution >= 0.6 is 0 Å². The number of hydrogen-bond donors (Lipinski definition) is 0. The predicted octanol–water partition coefficient (Wildman–Crippen LogP) is 5.52. The zero-order valence-electron chi connectivity index (χ0n) is 14.5. The van der Waals surface area contributed by atoms with E-state index in [0.717, 1.165) is 29.3 Å². The monoisotopic (exact) mass is 314 g/mol. The highest BCUT2D eigenvalue weighted by atomic mass is 16.7. The number of unbranched alkanes of at least 4 members (excludes halogenated alkanes) is 1. The van der Waals surface area contributed by atoms with Crippen molar-refractivity contribution in [3.8, 4) is 11.5 Å². The molecule has 0 aromatic heterocycles. The number of ether oxygens (including phenoxy) is 2. The highest BCUT2D eigenvalue weighted by molar-refractivity contribution is 5.53. The van der Waals surface area contributed by atoms with Crippen LogP contribution in [0, 0.1) is 17.8 Å². The van der Waals surface area contributed by atoms with Gasteiger partial charge < -0.3 is 9.47 Å². The standard InChI is InChI=1S/C21H30O2/c1-2-3-5-15-6-4-7-16-13-19-18(12-17(16)9-8-15)10-11-20-21(19)23-14-22-20/h10-11,15-17H,2-9,12-14H2,1H3. The minimum absolute atomic E-state index is 0.402. The van der Waals surface area contributed by atoms with Gasteiger partial charge in [-0.1, -0.05) is 51.5 Å². The van der Waals surface area contributed by atoms with Crippen LogP contribution in [0.2, 0.25) is 0 Å². The minimum Gasteiger partial charge on any atom is -0.454 e. The molecule has 0 N–H and O–H groups in total. The molecule has 2 nitrogen and oxygen atoms in total. The molecule has 1 aromatic carbocycles. The Morgan fingerprint density at radius 3 is 2.83 bits per heavy atom. The van der Waals surface area contributed by atoms with Gasteiger partial charge in [0.05, 0.1) is 0 Å². The molecular weight excluding hydrogens is 284 g/mol. The first kappa shape index (κ1) is 15.4. The van der Waals surface area contributed by atoms with E-state index in [-0.39, 0.29) is 0 Å². The molecule has 126 valence electrons. The molecule has 3 aliphatic rings. The molecule has 0 amide bonds. The second-order valence-electron chi connectivity index (χ2n) is 7.88. The molecule has 1 aromatic rings. The fourth-order valence-corrected chi connectivity index (χ4v) is 5.08. The number of benzene rings is 1. The molecule has 3 unspecified atom stereocenters. The highest BCUT2D eigenvalue weighted by Crippen LogP contribution is 2.46. The molecule has 23 heavy (non-hydrogen) atoms. The fraction of sp³-hybridized carbons (Fsp3) is 0.714. The highest BCUT2D eigenvalue weighted by Gasteiger charge is 2.33. The van der Waals surface area contributed by atoms with Crippen molar-refractivity contribution in [2.24, 2.45) is 17.8 Å². The molecule has 1 fully saturated rings. The molecule has 1 heterocycles. The quantitative estimate of drug-likeness (QED) is 0.731. The van der Waals surface area contributed by atoms with E-state index in [2.05, 4.69) is 19.1 Å². The molecular formula is C21H30O2. The maximum atomic E-state index is 5.77. The molecule has 1 saturated carbocycles. The fourth-order valence-electron chi connectivity index (χ4n) is 5.08. The lowest BCUT2D eigenvalue weighted by Gasteiger charge is -2.36. The van der Waals surface area contributed by atoms with Crippen molar-refractivity contribution >= 4 is 0 Å². The lowest BCUT2D eigenvalue weighted by molar-refractivity contribution is 0.170. The first-order valence-corrected chi connectivity index (χ1v) is 9.75. The van der Waals surface area contributed by atoms with Gasteiger partial charge in [-0.15, -0.1) is 0 Å². The molecule has 0 radical (unpaired) electrons. The minimum atomic E-state index is 0.402. The molecule has 0 spiro atoms. The topological polar surface area (TPSA) is 18.5 Å². The first-order valence-electron chi connectivity index (χ1n) is 9.75. The second-order valence-corrected chi connectivity index (χ2v) is 7.88. The van der Waals surface area contributed by atoms with Crippen molar-refractivity contribution < 1.29 is 9.47 Å². The van der Waals surface area contributed by atoms with E-state index in [0.29, 0.717) is 6.79 Å². The maximum absolute atomic E-state index is 5.77. The van der Waals surface area contributed by atoms with Crippen LogP contribution in [-0.2, 0) is 12.8 Å². The van der Waals surface area contributed by atoms with E-state index in [1.807, 2.05) is 0 Å². The maximum Gasteiger partial charge on any atom is 0.231 e. The summed E-state index contributed by atoms with van der Waals surface area (Å²) < 4.78 is 11.3. The van der Waals surface area contributed by atoms with Crippen LogP contribution in [0.5, 0.6) is 11.5 Å². The summed E-state index contributed by atoms with van der Waals surface area (Å²) in [5.74, 6) is 4.78. The molecule has 2 heteroatoms. The van der Waals surface area contributed by atoms with E-state index in [1.54, 1.807) is 0 Å². The zero-order valence-corrected chi connectivity index (χ0v) is 14.5. The zero-order chi connectivity index (χ0) is 15.6. The third-order valence-electron chi connectivity index (χ3n) is 6.45. The van der Waals surface area contributed by atoms with Gasteiger partial charge in [0, 0.05) is 5.56 Å². The van der Waals surface area contributed by atoms with Gasteiger partial charge in [0.15, 0.2) is 11.5 Å². The van der Waals surface area contributed by atoms with Crippen LogP contribution < -0.4 is 9.47 Å². The van der Waals surface area contributed by atoms with Crippen LogP contribution in [0.3, 0.4) is 0 Å². The molecule has 3 atom stereocenters. The van der Waals surface area contributed by atoms with E-state index in [1.165, 1.54) is 75.3 Å². The van der Waals surface area contributed by atoms with E-state index >= 15 is 0 Å². The Kier molecular flexibility index (Phi) is 4.50. The number of rotatable bonds is 3. The van der Waals surface area contributed by atoms with Gasteiger partial charge in [-0.3, -0.25) is 0 Å².